The van der Waals surface area contributed by atoms with Crippen molar-refractivity contribution in [2.24, 2.45) is 11.7 Å². The van der Waals surface area contributed by atoms with Crippen LogP contribution in [-0.2, 0) is 4.79 Å². The van der Waals surface area contributed by atoms with E-state index >= 15 is 0 Å². The van der Waals surface area contributed by atoms with Crippen LogP contribution in [0, 0.1) is 12.8 Å². The monoisotopic (exact) mass is 305 g/mol. The highest BCUT2D eigenvalue weighted by Crippen LogP contribution is 2.32. The van der Waals surface area contributed by atoms with Gasteiger partial charge in [-0.05, 0) is 36.6 Å². The zero-order valence-electron chi connectivity index (χ0n) is 12.5. The summed E-state index contributed by atoms with van der Waals surface area (Å²) in [6.07, 6.45) is 2.57. The molecule has 3 N–H and O–H groups in total. The lowest BCUT2D eigenvalue weighted by molar-refractivity contribution is -0.118. The van der Waals surface area contributed by atoms with Gasteiger partial charge in [-0.1, -0.05) is 31.9 Å². The lowest BCUT2D eigenvalue weighted by Gasteiger charge is -2.19. The molecule has 0 saturated heterocycles. The Hall–Kier alpha value is -1.65. The number of nitrogens with two attached hydrogens (primary N) is 1. The SMILES string of the molecule is CCC(C)[C@H](N)C(=O)Nc1c(Cl)cc(C)c2ncccc12. The van der Waals surface area contributed by atoms with Crippen molar-refractivity contribution < 1.29 is 4.79 Å². The Morgan fingerprint density at radius 1 is 1.52 bits per heavy atom. The van der Waals surface area contributed by atoms with Crippen molar-refractivity contribution in [3.05, 3.63) is 35.0 Å². The van der Waals surface area contributed by atoms with Crippen LogP contribution in [0.4, 0.5) is 5.69 Å². The maximum absolute atomic E-state index is 12.3. The molecule has 1 heterocycles. The molecule has 21 heavy (non-hydrogen) atoms. The summed E-state index contributed by atoms with van der Waals surface area (Å²) in [5.41, 5.74) is 8.35. The van der Waals surface area contributed by atoms with Gasteiger partial charge in [0.25, 0.3) is 0 Å². The van der Waals surface area contributed by atoms with E-state index in [2.05, 4.69) is 10.3 Å². The molecular formula is C16H20ClN3O. The lowest BCUT2D eigenvalue weighted by Crippen LogP contribution is -2.40. The molecule has 4 nitrogen and oxygen atoms in total. The van der Waals surface area contributed by atoms with E-state index in [1.54, 1.807) is 12.3 Å². The molecule has 2 aromatic rings. The number of carbonyl (C=O) groups is 1. The molecule has 1 amide bonds. The van der Waals surface area contributed by atoms with E-state index in [9.17, 15) is 4.79 Å². The van der Waals surface area contributed by atoms with Crippen LogP contribution in [0.15, 0.2) is 24.4 Å². The van der Waals surface area contributed by atoms with E-state index in [1.165, 1.54) is 0 Å². The number of pyridine rings is 1. The molecule has 1 aromatic carbocycles. The topological polar surface area (TPSA) is 68.0 Å². The fourth-order valence-electron chi connectivity index (χ4n) is 2.23. The number of aromatic nitrogens is 1. The van der Waals surface area contributed by atoms with Crippen molar-refractivity contribution in [1.29, 1.82) is 0 Å². The van der Waals surface area contributed by atoms with Gasteiger partial charge in [-0.2, -0.15) is 0 Å². The molecule has 0 fully saturated rings. The summed E-state index contributed by atoms with van der Waals surface area (Å²) >= 11 is 6.29. The Labute approximate surface area is 129 Å². The molecular weight excluding hydrogens is 286 g/mol. The number of nitrogens with zero attached hydrogens (tertiary/aromatic N) is 1. The zero-order chi connectivity index (χ0) is 15.6. The summed E-state index contributed by atoms with van der Waals surface area (Å²) in [5, 5.41) is 4.18. The summed E-state index contributed by atoms with van der Waals surface area (Å²) in [6.45, 7) is 5.91. The predicted octanol–water partition coefficient (Wildman–Crippen LogP) is 3.51. The molecule has 112 valence electrons. The van der Waals surface area contributed by atoms with Gasteiger partial charge < -0.3 is 11.1 Å². The number of nitrogens with one attached hydrogen (secondary N) is 1. The van der Waals surface area contributed by atoms with Gasteiger partial charge in [0.1, 0.15) is 0 Å². The first kappa shape index (κ1) is 15.7. The molecule has 0 radical (unpaired) electrons. The maximum Gasteiger partial charge on any atom is 0.241 e. The van der Waals surface area contributed by atoms with Gasteiger partial charge in [-0.3, -0.25) is 9.78 Å². The van der Waals surface area contributed by atoms with Crippen LogP contribution >= 0.6 is 11.6 Å². The number of halogens is 1. The van der Waals surface area contributed by atoms with Crippen molar-refractivity contribution in [1.82, 2.24) is 4.98 Å². The molecule has 1 unspecified atom stereocenters. The van der Waals surface area contributed by atoms with Gasteiger partial charge >= 0.3 is 0 Å². The van der Waals surface area contributed by atoms with Gasteiger partial charge in [0, 0.05) is 11.6 Å². The number of amides is 1. The fourth-order valence-corrected chi connectivity index (χ4v) is 2.54. The van der Waals surface area contributed by atoms with E-state index in [0.29, 0.717) is 10.7 Å². The van der Waals surface area contributed by atoms with Crippen molar-refractivity contribution in [3.63, 3.8) is 0 Å². The van der Waals surface area contributed by atoms with E-state index < -0.39 is 6.04 Å². The van der Waals surface area contributed by atoms with E-state index in [4.69, 9.17) is 17.3 Å². The number of rotatable bonds is 4. The van der Waals surface area contributed by atoms with E-state index in [-0.39, 0.29) is 11.8 Å². The molecule has 0 aliphatic heterocycles. The Bertz CT molecular complexity index is 672. The molecule has 0 bridgehead atoms. The Morgan fingerprint density at radius 2 is 2.24 bits per heavy atom. The average molecular weight is 306 g/mol. The lowest BCUT2D eigenvalue weighted by atomic mass is 9.99. The predicted molar refractivity (Wildman–Crippen MR) is 87.6 cm³/mol. The summed E-state index contributed by atoms with van der Waals surface area (Å²) in [7, 11) is 0. The second kappa shape index (κ2) is 6.41. The van der Waals surface area contributed by atoms with E-state index in [0.717, 1.165) is 22.9 Å². The van der Waals surface area contributed by atoms with Crippen LogP contribution in [0.2, 0.25) is 5.02 Å². The van der Waals surface area contributed by atoms with Crippen LogP contribution in [0.5, 0.6) is 0 Å². The zero-order valence-corrected chi connectivity index (χ0v) is 13.2. The number of anilines is 1. The van der Waals surface area contributed by atoms with Crippen molar-refractivity contribution >= 4 is 34.1 Å². The summed E-state index contributed by atoms with van der Waals surface area (Å²) in [5.74, 6) is -0.112. The number of aryl methyl sites for hydroxylation is 1. The molecule has 0 spiro atoms. The second-order valence-electron chi connectivity index (χ2n) is 5.35. The number of fused-ring (bicyclic) bond motifs is 1. The fraction of sp³-hybridized carbons (Fsp3) is 0.375. The molecule has 0 aliphatic carbocycles. The minimum Gasteiger partial charge on any atom is -0.323 e. The third kappa shape index (κ3) is 3.17. The summed E-state index contributed by atoms with van der Waals surface area (Å²) in [6, 6.07) is 4.97. The number of carbonyl (C=O) groups excluding carboxylic acids is 1. The highest BCUT2D eigenvalue weighted by molar-refractivity contribution is 6.35. The van der Waals surface area contributed by atoms with Crippen molar-refractivity contribution in [2.45, 2.75) is 33.2 Å². The van der Waals surface area contributed by atoms with Gasteiger partial charge in [0.05, 0.1) is 22.3 Å². The van der Waals surface area contributed by atoms with Gasteiger partial charge in [-0.15, -0.1) is 0 Å². The first-order valence-electron chi connectivity index (χ1n) is 7.06. The number of hydrogen-bond acceptors (Lipinski definition) is 3. The quantitative estimate of drug-likeness (QED) is 0.908. The van der Waals surface area contributed by atoms with Gasteiger partial charge in [0.15, 0.2) is 0 Å². The molecule has 0 aliphatic rings. The smallest absolute Gasteiger partial charge is 0.241 e. The van der Waals surface area contributed by atoms with Crippen LogP contribution in [0.25, 0.3) is 10.9 Å². The minimum atomic E-state index is -0.556. The molecule has 1 aromatic heterocycles. The summed E-state index contributed by atoms with van der Waals surface area (Å²) < 4.78 is 0. The third-order valence-electron chi connectivity index (χ3n) is 3.84. The first-order valence-corrected chi connectivity index (χ1v) is 7.43. The maximum atomic E-state index is 12.3. The van der Waals surface area contributed by atoms with Crippen LogP contribution < -0.4 is 11.1 Å². The Kier molecular flexibility index (Phi) is 4.80. The Balaban J connectivity index is 2.41. The van der Waals surface area contributed by atoms with Crippen LogP contribution in [0.1, 0.15) is 25.8 Å². The van der Waals surface area contributed by atoms with Gasteiger partial charge in [-0.25, -0.2) is 0 Å². The second-order valence-corrected chi connectivity index (χ2v) is 5.76. The van der Waals surface area contributed by atoms with Crippen LogP contribution in [0.3, 0.4) is 0 Å². The minimum absolute atomic E-state index is 0.110. The van der Waals surface area contributed by atoms with Crippen molar-refractivity contribution in [2.75, 3.05) is 5.32 Å². The molecule has 0 saturated carbocycles. The first-order chi connectivity index (χ1) is 9.95. The molecule has 2 rings (SSSR count). The summed E-state index contributed by atoms with van der Waals surface area (Å²) in [4.78, 5) is 16.6. The largest absolute Gasteiger partial charge is 0.323 e. The van der Waals surface area contributed by atoms with E-state index in [1.807, 2.05) is 32.9 Å². The van der Waals surface area contributed by atoms with Crippen molar-refractivity contribution in [3.8, 4) is 0 Å². The standard InChI is InChI=1S/C16H20ClN3O/c1-4-9(2)13(18)16(21)20-15-11-6-5-7-19-14(11)10(3)8-12(15)17/h5-9,13H,4,18H2,1-3H3,(H,20,21)/t9?,13-/m0/s1. The third-order valence-corrected chi connectivity index (χ3v) is 4.14. The number of benzene rings is 1. The highest BCUT2D eigenvalue weighted by atomic mass is 35.5. The van der Waals surface area contributed by atoms with Crippen LogP contribution in [-0.4, -0.2) is 16.9 Å². The average Bonchev–Trinajstić information content (AvgIpc) is 2.49. The molecule has 5 heteroatoms. The normalized spacial score (nSPS) is 14.0. The highest BCUT2D eigenvalue weighted by Gasteiger charge is 2.21. The number of hydrogen-bond donors (Lipinski definition) is 2. The van der Waals surface area contributed by atoms with Gasteiger partial charge in [0.2, 0.25) is 5.91 Å². The Morgan fingerprint density at radius 3 is 2.90 bits per heavy atom. The molecule has 2 atom stereocenters.